The van der Waals surface area contributed by atoms with E-state index in [0.717, 1.165) is 88.9 Å². The van der Waals surface area contributed by atoms with Gasteiger partial charge in [0.15, 0.2) is 0 Å². The summed E-state index contributed by atoms with van der Waals surface area (Å²) in [6.07, 6.45) is 4.47. The standard InChI is InChI=1S/C41H45N2O5/c1-6-8-21-43(22-9-7-2)31-19-20-34-38(26-31)48-37-25-29(5)36(42-30-15-11-10-12-16-30)27-35(37)39(34)32-17-13-14-18-33(32)41(45)47-24-23-46-40(44)28(3)4/h10-20,25-27,42H,3,6-9,21-24H2,1-2,4-5H3/q+1. The number of anilines is 2. The van der Waals surface area contributed by atoms with Crippen LogP contribution >= 0.6 is 0 Å². The molecule has 7 heteroatoms. The lowest BCUT2D eigenvalue weighted by molar-refractivity contribution is -0.140. The van der Waals surface area contributed by atoms with Crippen LogP contribution in [-0.4, -0.2) is 38.2 Å². The SMILES string of the molecule is C=C(C)C(=O)OCCOC(=O)c1ccccc1-c1c2ccc(=[N+](CCCC)CCCC)cc-2oc2cc(C)c(Nc3ccccc3)cc12. The Kier molecular flexibility index (Phi) is 11.5. The number of unbranched alkanes of at least 4 members (excludes halogenated alkanes) is 2. The van der Waals surface area contributed by atoms with Gasteiger partial charge in [0.25, 0.3) is 0 Å². The number of carbonyl (C=O) groups is 2. The van der Waals surface area contributed by atoms with Crippen LogP contribution in [0.3, 0.4) is 0 Å². The van der Waals surface area contributed by atoms with Gasteiger partial charge in [0.05, 0.1) is 11.6 Å². The molecule has 48 heavy (non-hydrogen) atoms. The van der Waals surface area contributed by atoms with Gasteiger partial charge in [-0.1, -0.05) is 69.7 Å². The number of esters is 2. The molecule has 1 aliphatic carbocycles. The molecule has 0 amide bonds. The normalized spacial score (nSPS) is 11.0. The van der Waals surface area contributed by atoms with Gasteiger partial charge in [-0.05, 0) is 61.4 Å². The third-order valence-corrected chi connectivity index (χ3v) is 8.35. The van der Waals surface area contributed by atoms with Crippen molar-refractivity contribution in [2.45, 2.75) is 53.4 Å². The van der Waals surface area contributed by atoms with Gasteiger partial charge in [0, 0.05) is 52.4 Å². The molecule has 248 valence electrons. The number of hydrogen-bond acceptors (Lipinski definition) is 6. The molecule has 1 aliphatic heterocycles. The van der Waals surface area contributed by atoms with Crippen molar-refractivity contribution >= 4 is 34.3 Å². The zero-order valence-corrected chi connectivity index (χ0v) is 28.4. The molecular weight excluding hydrogens is 600 g/mol. The van der Waals surface area contributed by atoms with Crippen LogP contribution in [0.4, 0.5) is 11.4 Å². The number of nitrogens with one attached hydrogen (secondary N) is 1. The van der Waals surface area contributed by atoms with Crippen LogP contribution in [-0.2, 0) is 14.3 Å². The zero-order valence-electron chi connectivity index (χ0n) is 28.4. The Bertz CT molecular complexity index is 1950. The van der Waals surface area contributed by atoms with Crippen molar-refractivity contribution in [3.63, 3.8) is 0 Å². The minimum absolute atomic E-state index is 0.0567. The highest BCUT2D eigenvalue weighted by Gasteiger charge is 2.24. The predicted octanol–water partition coefficient (Wildman–Crippen LogP) is 8.91. The van der Waals surface area contributed by atoms with Crippen LogP contribution in [0.5, 0.6) is 0 Å². The van der Waals surface area contributed by atoms with Crippen molar-refractivity contribution in [3.05, 3.63) is 114 Å². The van der Waals surface area contributed by atoms with Crippen LogP contribution in [0.25, 0.3) is 33.4 Å². The van der Waals surface area contributed by atoms with Gasteiger partial charge in [0.1, 0.15) is 37.6 Å². The number of rotatable bonds is 14. The molecule has 1 N–H and O–H groups in total. The highest BCUT2D eigenvalue weighted by molar-refractivity contribution is 6.08. The van der Waals surface area contributed by atoms with Crippen molar-refractivity contribution < 1.29 is 23.5 Å². The Morgan fingerprint density at radius 1 is 0.833 bits per heavy atom. The van der Waals surface area contributed by atoms with Gasteiger partial charge >= 0.3 is 11.9 Å². The molecule has 2 aliphatic rings. The summed E-state index contributed by atoms with van der Waals surface area (Å²) in [7, 11) is 0. The molecule has 0 spiro atoms. The monoisotopic (exact) mass is 645 g/mol. The average molecular weight is 646 g/mol. The molecule has 1 heterocycles. The molecule has 0 saturated carbocycles. The fraction of sp³-hybridized carbons (Fsp3) is 0.293. The molecule has 3 aromatic rings. The topological polar surface area (TPSA) is 80.8 Å². The van der Waals surface area contributed by atoms with E-state index in [9.17, 15) is 9.59 Å². The van der Waals surface area contributed by atoms with Crippen LogP contribution in [0.2, 0.25) is 0 Å². The number of para-hydroxylation sites is 1. The molecule has 0 bridgehead atoms. The Morgan fingerprint density at radius 3 is 2.23 bits per heavy atom. The minimum Gasteiger partial charge on any atom is -0.459 e. The first-order chi connectivity index (χ1) is 23.3. The molecule has 3 aromatic carbocycles. The maximum atomic E-state index is 13.6. The summed E-state index contributed by atoms with van der Waals surface area (Å²) < 4.78 is 19.9. The highest BCUT2D eigenvalue weighted by atomic mass is 16.6. The first-order valence-corrected chi connectivity index (χ1v) is 16.8. The minimum atomic E-state index is -0.519. The maximum absolute atomic E-state index is 13.6. The van der Waals surface area contributed by atoms with Crippen molar-refractivity contribution in [1.82, 2.24) is 4.58 Å². The van der Waals surface area contributed by atoms with Crippen LogP contribution in [0, 0.1) is 6.92 Å². The van der Waals surface area contributed by atoms with Gasteiger partial charge in [-0.2, -0.15) is 0 Å². The largest absolute Gasteiger partial charge is 0.459 e. The summed E-state index contributed by atoms with van der Waals surface area (Å²) >= 11 is 0. The Labute approximate surface area is 282 Å². The predicted molar refractivity (Wildman–Crippen MR) is 194 cm³/mol. The highest BCUT2D eigenvalue weighted by Crippen LogP contribution is 2.43. The average Bonchev–Trinajstić information content (AvgIpc) is 3.09. The van der Waals surface area contributed by atoms with Gasteiger partial charge in [-0.25, -0.2) is 14.2 Å². The lowest BCUT2D eigenvalue weighted by Crippen LogP contribution is -2.31. The Balaban J connectivity index is 1.68. The number of carbonyl (C=O) groups excluding carboxylic acids is 2. The van der Waals surface area contributed by atoms with E-state index in [0.29, 0.717) is 16.7 Å². The second-order valence-electron chi connectivity index (χ2n) is 12.1. The van der Waals surface area contributed by atoms with Crippen molar-refractivity contribution in [2.24, 2.45) is 0 Å². The molecule has 0 aromatic heterocycles. The molecular formula is C41H45N2O5+. The van der Waals surface area contributed by atoms with Crippen molar-refractivity contribution in [2.75, 3.05) is 31.6 Å². The first kappa shape index (κ1) is 34.2. The first-order valence-electron chi connectivity index (χ1n) is 16.8. The maximum Gasteiger partial charge on any atom is 0.338 e. The van der Waals surface area contributed by atoms with Gasteiger partial charge in [-0.3, -0.25) is 0 Å². The van der Waals surface area contributed by atoms with E-state index in [4.69, 9.17) is 13.9 Å². The van der Waals surface area contributed by atoms with E-state index in [1.54, 1.807) is 13.0 Å². The van der Waals surface area contributed by atoms with E-state index < -0.39 is 11.9 Å². The van der Waals surface area contributed by atoms with Gasteiger partial charge < -0.3 is 19.2 Å². The van der Waals surface area contributed by atoms with Crippen molar-refractivity contribution in [3.8, 4) is 22.5 Å². The fourth-order valence-corrected chi connectivity index (χ4v) is 5.74. The van der Waals surface area contributed by atoms with E-state index in [2.05, 4.69) is 67.6 Å². The zero-order chi connectivity index (χ0) is 34.0. The lowest BCUT2D eigenvalue weighted by atomic mass is 9.90. The van der Waals surface area contributed by atoms with Gasteiger partial charge in [0.2, 0.25) is 5.36 Å². The molecule has 0 radical (unpaired) electrons. The summed E-state index contributed by atoms with van der Waals surface area (Å²) in [6.45, 7) is 13.5. The summed E-state index contributed by atoms with van der Waals surface area (Å²) in [5, 5.41) is 5.54. The van der Waals surface area contributed by atoms with Crippen LogP contribution in [0.15, 0.2) is 101 Å². The number of ether oxygens (including phenoxy) is 2. The second kappa shape index (κ2) is 16.1. The van der Waals surface area contributed by atoms with E-state index >= 15 is 0 Å². The third kappa shape index (κ3) is 8.03. The number of benzene rings is 4. The van der Waals surface area contributed by atoms with Crippen molar-refractivity contribution in [1.29, 1.82) is 0 Å². The Hall–Kier alpha value is -5.17. The number of nitrogens with zero attached hydrogens (tertiary/aromatic N) is 1. The molecule has 0 atom stereocenters. The quantitative estimate of drug-likeness (QED) is 0.0427. The lowest BCUT2D eigenvalue weighted by Gasteiger charge is -2.19. The van der Waals surface area contributed by atoms with Crippen LogP contribution in [0.1, 0.15) is 62.4 Å². The third-order valence-electron chi connectivity index (χ3n) is 8.35. The molecule has 0 fully saturated rings. The summed E-state index contributed by atoms with van der Waals surface area (Å²) in [6, 6.07) is 28.0. The Morgan fingerprint density at radius 2 is 1.52 bits per heavy atom. The van der Waals surface area contributed by atoms with E-state index in [1.807, 2.05) is 48.5 Å². The summed E-state index contributed by atoms with van der Waals surface area (Å²) in [5.74, 6) is -0.281. The summed E-state index contributed by atoms with van der Waals surface area (Å²) in [5.41, 5.74) is 6.85. The number of hydrogen-bond donors (Lipinski definition) is 1. The molecule has 7 nitrogen and oxygen atoms in total. The molecule has 0 saturated heterocycles. The van der Waals surface area contributed by atoms with E-state index in [-0.39, 0.29) is 13.2 Å². The summed E-state index contributed by atoms with van der Waals surface area (Å²) in [4.78, 5) is 25.4. The smallest absolute Gasteiger partial charge is 0.338 e. The number of fused-ring (bicyclic) bond motifs is 2. The van der Waals surface area contributed by atoms with Crippen LogP contribution < -0.4 is 15.2 Å². The fourth-order valence-electron chi connectivity index (χ4n) is 5.74. The second-order valence-corrected chi connectivity index (χ2v) is 12.1. The number of aryl methyl sites for hydroxylation is 1. The van der Waals surface area contributed by atoms with Gasteiger partial charge in [-0.15, -0.1) is 0 Å². The molecule has 5 rings (SSSR count). The molecule has 0 unspecified atom stereocenters. The van der Waals surface area contributed by atoms with E-state index in [1.165, 1.54) is 0 Å².